The maximum absolute atomic E-state index is 12.8. The number of anilines is 1. The van der Waals surface area contributed by atoms with Crippen molar-refractivity contribution < 1.29 is 8.42 Å². The highest BCUT2D eigenvalue weighted by Crippen LogP contribution is 2.32. The number of allylic oxidation sites excluding steroid dienone is 2. The van der Waals surface area contributed by atoms with E-state index >= 15 is 0 Å². The number of nitrogens with one attached hydrogen (secondary N) is 1. The Morgan fingerprint density at radius 3 is 2.30 bits per heavy atom. The van der Waals surface area contributed by atoms with E-state index in [0.717, 1.165) is 41.8 Å². The lowest BCUT2D eigenvalue weighted by molar-refractivity contribution is 0.601. The summed E-state index contributed by atoms with van der Waals surface area (Å²) in [5.74, 6) is 0.333. The van der Waals surface area contributed by atoms with Crippen LogP contribution in [0.25, 0.3) is 11.3 Å². The molecule has 0 bridgehead atoms. The van der Waals surface area contributed by atoms with Crippen LogP contribution in [-0.4, -0.2) is 18.2 Å². The lowest BCUT2D eigenvalue weighted by atomic mass is 9.96. The van der Waals surface area contributed by atoms with Crippen LogP contribution in [0, 0.1) is 20.8 Å². The van der Waals surface area contributed by atoms with Crippen LogP contribution in [0.5, 0.6) is 0 Å². The number of aryl methyl sites for hydroxylation is 3. The van der Waals surface area contributed by atoms with Gasteiger partial charge in [-0.05, 0) is 75.3 Å². The van der Waals surface area contributed by atoms with Crippen LogP contribution < -0.4 is 4.72 Å². The molecule has 0 saturated heterocycles. The van der Waals surface area contributed by atoms with Crippen molar-refractivity contribution in [1.82, 2.24) is 9.78 Å². The highest BCUT2D eigenvalue weighted by atomic mass is 32.2. The average Bonchev–Trinajstić information content (AvgIpc) is 3.11. The molecular weight excluding hydrogens is 394 g/mol. The van der Waals surface area contributed by atoms with Crippen molar-refractivity contribution in [3.63, 3.8) is 0 Å². The van der Waals surface area contributed by atoms with Crippen molar-refractivity contribution in [2.45, 2.75) is 51.3 Å². The Kier molecular flexibility index (Phi) is 5.52. The second kappa shape index (κ2) is 8.11. The van der Waals surface area contributed by atoms with E-state index in [9.17, 15) is 8.42 Å². The number of benzene rings is 2. The summed E-state index contributed by atoms with van der Waals surface area (Å²) in [4.78, 5) is 0.223. The van der Waals surface area contributed by atoms with Gasteiger partial charge in [-0.1, -0.05) is 42.0 Å². The van der Waals surface area contributed by atoms with E-state index in [2.05, 4.69) is 43.7 Å². The molecule has 1 aromatic heterocycles. The topological polar surface area (TPSA) is 64.0 Å². The smallest absolute Gasteiger partial charge is 0.262 e. The Morgan fingerprint density at radius 1 is 0.967 bits per heavy atom. The molecule has 1 aliphatic carbocycles. The molecule has 0 amide bonds. The Hall–Kier alpha value is -2.86. The molecular formula is C24H27N3O2S. The van der Waals surface area contributed by atoms with Crippen LogP contribution in [0.3, 0.4) is 0 Å². The fourth-order valence-electron chi connectivity index (χ4n) is 4.20. The minimum Gasteiger partial charge on any atom is -0.262 e. The molecule has 0 radical (unpaired) electrons. The Balaban J connectivity index is 1.82. The zero-order valence-corrected chi connectivity index (χ0v) is 18.5. The molecule has 3 aromatic rings. The van der Waals surface area contributed by atoms with Gasteiger partial charge in [-0.3, -0.25) is 4.72 Å². The van der Waals surface area contributed by atoms with E-state index in [-0.39, 0.29) is 4.90 Å². The Labute approximate surface area is 178 Å². The molecule has 5 nitrogen and oxygen atoms in total. The number of hydrogen-bond acceptors (Lipinski definition) is 3. The molecule has 1 N–H and O–H groups in total. The van der Waals surface area contributed by atoms with Crippen LogP contribution in [0.1, 0.15) is 48.1 Å². The predicted molar refractivity (Wildman–Crippen MR) is 121 cm³/mol. The van der Waals surface area contributed by atoms with Gasteiger partial charge < -0.3 is 0 Å². The molecule has 0 fully saturated rings. The summed E-state index contributed by atoms with van der Waals surface area (Å²) in [5, 5.41) is 4.70. The number of sulfonamides is 1. The van der Waals surface area contributed by atoms with Crippen molar-refractivity contribution in [3.05, 3.63) is 77.0 Å². The van der Waals surface area contributed by atoms with Crippen molar-refractivity contribution >= 4 is 21.4 Å². The summed E-state index contributed by atoms with van der Waals surface area (Å²) >= 11 is 0. The van der Waals surface area contributed by atoms with Crippen molar-refractivity contribution in [2.75, 3.05) is 4.72 Å². The fraction of sp³-hybridized carbons (Fsp3) is 0.292. The molecule has 2 aromatic carbocycles. The highest BCUT2D eigenvalue weighted by Gasteiger charge is 2.21. The number of aromatic nitrogens is 2. The first kappa shape index (κ1) is 20.4. The number of rotatable bonds is 5. The Bertz CT molecular complexity index is 1190. The van der Waals surface area contributed by atoms with Crippen LogP contribution in [0.15, 0.2) is 59.5 Å². The van der Waals surface area contributed by atoms with E-state index in [4.69, 9.17) is 5.10 Å². The van der Waals surface area contributed by atoms with Crippen LogP contribution in [-0.2, 0) is 10.0 Å². The van der Waals surface area contributed by atoms with Gasteiger partial charge in [-0.2, -0.15) is 0 Å². The summed E-state index contributed by atoms with van der Waals surface area (Å²) < 4.78 is 30.3. The molecule has 0 saturated carbocycles. The van der Waals surface area contributed by atoms with Crippen LogP contribution in [0.2, 0.25) is 0 Å². The minimum absolute atomic E-state index is 0.223. The van der Waals surface area contributed by atoms with Gasteiger partial charge in [-0.15, -0.1) is 5.10 Å². The molecule has 1 aliphatic rings. The Morgan fingerprint density at radius 2 is 1.67 bits per heavy atom. The fourth-order valence-corrected chi connectivity index (χ4v) is 5.21. The van der Waals surface area contributed by atoms with E-state index in [0.29, 0.717) is 5.82 Å². The van der Waals surface area contributed by atoms with E-state index in [1.807, 2.05) is 10.7 Å². The second-order valence-corrected chi connectivity index (χ2v) is 9.65. The summed E-state index contributed by atoms with van der Waals surface area (Å²) in [7, 11) is -3.70. The van der Waals surface area contributed by atoms with Gasteiger partial charge in [0, 0.05) is 6.07 Å². The normalized spacial score (nSPS) is 14.4. The highest BCUT2D eigenvalue weighted by molar-refractivity contribution is 7.92. The second-order valence-electron chi connectivity index (χ2n) is 7.97. The first-order valence-electron chi connectivity index (χ1n) is 10.3. The molecule has 0 aliphatic heterocycles. The zero-order valence-electron chi connectivity index (χ0n) is 17.6. The standard InChI is InChI=1S/C24H27N3O2S/c1-17-14-18(2)24(19(3)15-17)27-22(20-10-6-4-7-11-20)16-23(25-27)26-30(28,29)21-12-8-5-9-13-21/h5,8-10,12-16H,4,6-7,11H2,1-3H3,(H,25,26). The summed E-state index contributed by atoms with van der Waals surface area (Å²) in [6.07, 6.45) is 6.59. The van der Waals surface area contributed by atoms with Gasteiger partial charge in [0.15, 0.2) is 5.82 Å². The molecule has 0 unspecified atom stereocenters. The van der Waals surface area contributed by atoms with Crippen molar-refractivity contribution in [2.24, 2.45) is 0 Å². The average molecular weight is 422 g/mol. The molecule has 0 atom stereocenters. The summed E-state index contributed by atoms with van der Waals surface area (Å²) in [5.41, 5.74) is 6.61. The maximum Gasteiger partial charge on any atom is 0.263 e. The lowest BCUT2D eigenvalue weighted by Gasteiger charge is -2.17. The van der Waals surface area contributed by atoms with Crippen LogP contribution >= 0.6 is 0 Å². The van der Waals surface area contributed by atoms with Gasteiger partial charge in [0.1, 0.15) is 0 Å². The molecule has 4 rings (SSSR count). The summed E-state index contributed by atoms with van der Waals surface area (Å²) in [6, 6.07) is 14.5. The third-order valence-corrected chi connectivity index (χ3v) is 6.84. The molecule has 156 valence electrons. The molecule has 30 heavy (non-hydrogen) atoms. The van der Waals surface area contributed by atoms with Crippen LogP contribution in [0.4, 0.5) is 5.82 Å². The van der Waals surface area contributed by atoms with Gasteiger partial charge >= 0.3 is 0 Å². The van der Waals surface area contributed by atoms with E-state index in [1.165, 1.54) is 17.6 Å². The number of hydrogen-bond donors (Lipinski definition) is 1. The van der Waals surface area contributed by atoms with Gasteiger partial charge in [0.25, 0.3) is 10.0 Å². The first-order chi connectivity index (χ1) is 14.3. The molecule has 6 heteroatoms. The zero-order chi connectivity index (χ0) is 21.3. The quantitative estimate of drug-likeness (QED) is 0.587. The third-order valence-electron chi connectivity index (χ3n) is 5.47. The predicted octanol–water partition coefficient (Wildman–Crippen LogP) is 5.56. The minimum atomic E-state index is -3.70. The number of nitrogens with zero attached hydrogens (tertiary/aromatic N) is 2. The third kappa shape index (κ3) is 4.05. The van der Waals surface area contributed by atoms with E-state index < -0.39 is 10.0 Å². The molecule has 1 heterocycles. The molecule has 0 spiro atoms. The van der Waals surface area contributed by atoms with Gasteiger partial charge in [-0.25, -0.2) is 13.1 Å². The first-order valence-corrected chi connectivity index (χ1v) is 11.8. The van der Waals surface area contributed by atoms with Gasteiger partial charge in [0.05, 0.1) is 16.3 Å². The maximum atomic E-state index is 12.8. The largest absolute Gasteiger partial charge is 0.263 e. The monoisotopic (exact) mass is 421 g/mol. The van der Waals surface area contributed by atoms with Crippen molar-refractivity contribution in [1.29, 1.82) is 0 Å². The summed E-state index contributed by atoms with van der Waals surface area (Å²) in [6.45, 7) is 6.23. The van der Waals surface area contributed by atoms with Gasteiger partial charge in [0.2, 0.25) is 0 Å². The van der Waals surface area contributed by atoms with Crippen molar-refractivity contribution in [3.8, 4) is 5.69 Å². The lowest BCUT2D eigenvalue weighted by Crippen LogP contribution is -2.13. The van der Waals surface area contributed by atoms with E-state index in [1.54, 1.807) is 30.3 Å². The SMILES string of the molecule is Cc1cc(C)c(-n2nc(NS(=O)(=O)c3ccccc3)cc2C2=CCCCC2)c(C)c1.